The van der Waals surface area contributed by atoms with Gasteiger partial charge in [-0.05, 0) is 43.2 Å². The zero-order chi connectivity index (χ0) is 18.1. The second-order valence-corrected chi connectivity index (χ2v) is 7.21. The molecule has 0 radical (unpaired) electrons. The van der Waals surface area contributed by atoms with Crippen molar-refractivity contribution in [2.45, 2.75) is 13.3 Å². The van der Waals surface area contributed by atoms with E-state index in [9.17, 15) is 9.59 Å². The van der Waals surface area contributed by atoms with Crippen molar-refractivity contribution in [1.29, 1.82) is 0 Å². The first kappa shape index (κ1) is 18.1. The largest absolute Gasteiger partial charge is 0.326 e. The van der Waals surface area contributed by atoms with Gasteiger partial charge in [0.05, 0.1) is 27.6 Å². The van der Waals surface area contributed by atoms with Crippen molar-refractivity contribution in [1.82, 2.24) is 0 Å². The van der Waals surface area contributed by atoms with Gasteiger partial charge in [0.15, 0.2) is 0 Å². The zero-order valence-electron chi connectivity index (χ0n) is 13.3. The molecule has 2 atom stereocenters. The highest BCUT2D eigenvalue weighted by atomic mass is 35.5. The molecule has 1 fully saturated rings. The van der Waals surface area contributed by atoms with Crippen LogP contribution in [0.15, 0.2) is 36.4 Å². The molecular weight excluding hydrogens is 383 g/mol. The summed E-state index contributed by atoms with van der Waals surface area (Å²) in [5.41, 5.74) is 1.91. The number of anilines is 2. The van der Waals surface area contributed by atoms with Gasteiger partial charge in [0, 0.05) is 10.7 Å². The zero-order valence-corrected chi connectivity index (χ0v) is 15.5. The van der Waals surface area contributed by atoms with Crippen molar-refractivity contribution in [3.05, 3.63) is 57.0 Å². The van der Waals surface area contributed by atoms with Crippen LogP contribution in [0, 0.1) is 18.8 Å². The number of hydrogen-bond donors (Lipinski definition) is 2. The number of halogens is 3. The molecule has 0 aromatic heterocycles. The smallest absolute Gasteiger partial charge is 0.228 e. The number of amides is 2. The molecular formula is C18H15Cl3N2O2. The van der Waals surface area contributed by atoms with E-state index in [1.54, 1.807) is 30.3 Å². The van der Waals surface area contributed by atoms with Crippen LogP contribution in [0.4, 0.5) is 11.4 Å². The third-order valence-electron chi connectivity index (χ3n) is 4.11. The Morgan fingerprint density at radius 3 is 2.12 bits per heavy atom. The highest BCUT2D eigenvalue weighted by molar-refractivity contribution is 6.39. The van der Waals surface area contributed by atoms with Crippen LogP contribution in [0.5, 0.6) is 0 Å². The summed E-state index contributed by atoms with van der Waals surface area (Å²) in [5.74, 6) is -1.24. The molecule has 2 N–H and O–H groups in total. The van der Waals surface area contributed by atoms with E-state index >= 15 is 0 Å². The molecule has 25 heavy (non-hydrogen) atoms. The SMILES string of the molecule is Cc1ccc(NC(=O)C2CC2C(=O)Nc2c(Cl)cccc2Cl)cc1Cl. The number of carbonyl (C=O) groups is 2. The summed E-state index contributed by atoms with van der Waals surface area (Å²) in [6.45, 7) is 1.88. The van der Waals surface area contributed by atoms with Gasteiger partial charge in [-0.15, -0.1) is 0 Å². The molecule has 2 aromatic rings. The Morgan fingerprint density at radius 2 is 1.52 bits per heavy atom. The minimum absolute atomic E-state index is 0.203. The molecule has 0 bridgehead atoms. The molecule has 130 valence electrons. The maximum atomic E-state index is 12.3. The number of hydrogen-bond acceptors (Lipinski definition) is 2. The van der Waals surface area contributed by atoms with Crippen LogP contribution in [-0.4, -0.2) is 11.8 Å². The van der Waals surface area contributed by atoms with Crippen molar-refractivity contribution in [2.24, 2.45) is 11.8 Å². The van der Waals surface area contributed by atoms with E-state index in [2.05, 4.69) is 10.6 Å². The highest BCUT2D eigenvalue weighted by Crippen LogP contribution is 2.41. The molecule has 1 aliphatic carbocycles. The van der Waals surface area contributed by atoms with Gasteiger partial charge < -0.3 is 10.6 Å². The topological polar surface area (TPSA) is 58.2 Å². The Morgan fingerprint density at radius 1 is 0.920 bits per heavy atom. The minimum Gasteiger partial charge on any atom is -0.326 e. The lowest BCUT2D eigenvalue weighted by Gasteiger charge is -2.09. The van der Waals surface area contributed by atoms with Gasteiger partial charge in [0.1, 0.15) is 0 Å². The van der Waals surface area contributed by atoms with Crippen molar-refractivity contribution in [2.75, 3.05) is 10.6 Å². The molecule has 1 aliphatic rings. The highest BCUT2D eigenvalue weighted by Gasteiger charge is 2.48. The Hall–Kier alpha value is -1.75. The second kappa shape index (κ2) is 7.24. The van der Waals surface area contributed by atoms with Crippen molar-refractivity contribution < 1.29 is 9.59 Å². The van der Waals surface area contributed by atoms with Crippen LogP contribution >= 0.6 is 34.8 Å². The lowest BCUT2D eigenvalue weighted by Crippen LogP contribution is -2.20. The summed E-state index contributed by atoms with van der Waals surface area (Å²) in [4.78, 5) is 24.6. The fourth-order valence-electron chi connectivity index (χ4n) is 2.51. The fraction of sp³-hybridized carbons (Fsp3) is 0.222. The Balaban J connectivity index is 1.60. The number of para-hydroxylation sites is 1. The van der Waals surface area contributed by atoms with E-state index in [0.717, 1.165) is 5.56 Å². The Kier molecular flexibility index (Phi) is 5.23. The van der Waals surface area contributed by atoms with Crippen molar-refractivity contribution in [3.63, 3.8) is 0 Å². The molecule has 2 unspecified atom stereocenters. The van der Waals surface area contributed by atoms with E-state index in [0.29, 0.717) is 32.9 Å². The van der Waals surface area contributed by atoms with Gasteiger partial charge in [-0.1, -0.05) is 46.9 Å². The average Bonchev–Trinajstić information content (AvgIpc) is 3.35. The lowest BCUT2D eigenvalue weighted by atomic mass is 10.2. The quantitative estimate of drug-likeness (QED) is 0.748. The molecule has 2 aromatic carbocycles. The van der Waals surface area contributed by atoms with Gasteiger partial charge >= 0.3 is 0 Å². The Labute approximate surface area is 160 Å². The molecule has 4 nitrogen and oxygen atoms in total. The van der Waals surface area contributed by atoms with E-state index in [1.165, 1.54) is 0 Å². The summed E-state index contributed by atoms with van der Waals surface area (Å²) in [7, 11) is 0. The van der Waals surface area contributed by atoms with Gasteiger partial charge in [-0.2, -0.15) is 0 Å². The first-order valence-corrected chi connectivity index (χ1v) is 8.82. The van der Waals surface area contributed by atoms with Crippen LogP contribution < -0.4 is 10.6 Å². The van der Waals surface area contributed by atoms with Crippen LogP contribution in [0.2, 0.25) is 15.1 Å². The number of aryl methyl sites for hydroxylation is 1. The molecule has 0 heterocycles. The van der Waals surface area contributed by atoms with E-state index in [-0.39, 0.29) is 17.7 Å². The number of nitrogens with one attached hydrogen (secondary N) is 2. The van der Waals surface area contributed by atoms with E-state index in [1.807, 2.05) is 13.0 Å². The lowest BCUT2D eigenvalue weighted by molar-refractivity contribution is -0.122. The fourth-order valence-corrected chi connectivity index (χ4v) is 3.19. The third-order valence-corrected chi connectivity index (χ3v) is 5.15. The second-order valence-electron chi connectivity index (χ2n) is 5.99. The molecule has 0 spiro atoms. The maximum absolute atomic E-state index is 12.3. The summed E-state index contributed by atoms with van der Waals surface area (Å²) < 4.78 is 0. The van der Waals surface area contributed by atoms with E-state index < -0.39 is 5.92 Å². The molecule has 2 amide bonds. The average molecular weight is 398 g/mol. The summed E-state index contributed by atoms with van der Waals surface area (Å²) in [6, 6.07) is 10.3. The number of rotatable bonds is 4. The monoisotopic (exact) mass is 396 g/mol. The molecule has 1 saturated carbocycles. The van der Waals surface area contributed by atoms with Crippen LogP contribution in [0.25, 0.3) is 0 Å². The summed E-state index contributed by atoms with van der Waals surface area (Å²) in [5, 5.41) is 6.79. The molecule has 3 rings (SSSR count). The van der Waals surface area contributed by atoms with E-state index in [4.69, 9.17) is 34.8 Å². The normalized spacial score (nSPS) is 18.6. The maximum Gasteiger partial charge on any atom is 0.228 e. The molecule has 0 aliphatic heterocycles. The predicted molar refractivity (Wildman–Crippen MR) is 102 cm³/mol. The Bertz CT molecular complexity index is 834. The van der Waals surface area contributed by atoms with Crippen LogP contribution in [0.3, 0.4) is 0 Å². The van der Waals surface area contributed by atoms with Crippen LogP contribution in [-0.2, 0) is 9.59 Å². The van der Waals surface area contributed by atoms with Gasteiger partial charge in [-0.25, -0.2) is 0 Å². The predicted octanol–water partition coefficient (Wildman–Crippen LogP) is 5.17. The summed E-state index contributed by atoms with van der Waals surface area (Å²) >= 11 is 18.1. The van der Waals surface area contributed by atoms with Gasteiger partial charge in [0.2, 0.25) is 11.8 Å². The standard InChI is InChI=1S/C18H15Cl3N2O2/c1-9-5-6-10(7-15(9)21)22-17(24)11-8-12(11)18(25)23-16-13(19)3-2-4-14(16)20/h2-7,11-12H,8H2,1H3,(H,22,24)(H,23,25). The first-order valence-electron chi connectivity index (χ1n) is 7.68. The number of benzene rings is 2. The first-order chi connectivity index (χ1) is 11.9. The van der Waals surface area contributed by atoms with Crippen molar-refractivity contribution in [3.8, 4) is 0 Å². The number of carbonyl (C=O) groups excluding carboxylic acids is 2. The minimum atomic E-state index is -0.395. The summed E-state index contributed by atoms with van der Waals surface area (Å²) in [6.07, 6.45) is 0.485. The molecule has 0 saturated heterocycles. The van der Waals surface area contributed by atoms with Crippen molar-refractivity contribution >= 4 is 58.0 Å². The molecule has 7 heteroatoms. The van der Waals surface area contributed by atoms with Crippen LogP contribution in [0.1, 0.15) is 12.0 Å². The van der Waals surface area contributed by atoms with Gasteiger partial charge in [0.25, 0.3) is 0 Å². The third kappa shape index (κ3) is 4.09. The van der Waals surface area contributed by atoms with Gasteiger partial charge in [-0.3, -0.25) is 9.59 Å².